The van der Waals surface area contributed by atoms with E-state index in [2.05, 4.69) is 24.2 Å². The average Bonchev–Trinajstić information content (AvgIpc) is 3.50. The number of hydrogen-bond donors (Lipinski definition) is 1. The molecule has 4 aromatic rings. The van der Waals surface area contributed by atoms with E-state index in [-0.39, 0.29) is 69.3 Å². The number of imide groups is 1. The Morgan fingerprint density at radius 2 is 1.48 bits per heavy atom. The molecule has 14 nitrogen and oxygen atoms in total. The lowest BCUT2D eigenvalue weighted by molar-refractivity contribution is -0.133. The first-order chi connectivity index (χ1) is 28.8. The number of para-hydroxylation sites is 2. The van der Waals surface area contributed by atoms with Crippen LogP contribution in [0.3, 0.4) is 0 Å². The summed E-state index contributed by atoms with van der Waals surface area (Å²) in [6.07, 6.45) is 1.98. The Labute approximate surface area is 351 Å². The monoisotopic (exact) mass is 837 g/mol. The van der Waals surface area contributed by atoms with Crippen molar-refractivity contribution in [1.29, 1.82) is 0 Å². The first-order valence-corrected chi connectivity index (χ1v) is 21.7. The van der Waals surface area contributed by atoms with Gasteiger partial charge in [0, 0.05) is 51.8 Å². The van der Waals surface area contributed by atoms with Crippen molar-refractivity contribution >= 4 is 50.7 Å². The third-order valence-corrected chi connectivity index (χ3v) is 12.8. The van der Waals surface area contributed by atoms with Crippen LogP contribution in [0.25, 0.3) is 0 Å². The van der Waals surface area contributed by atoms with Crippen LogP contribution in [0.4, 0.5) is 11.4 Å². The molecular weight excluding hydrogens is 787 g/mol. The lowest BCUT2D eigenvalue weighted by Crippen LogP contribution is -2.47. The SMILES string of the molecule is COc1cc(C(=O)N(C)c2ccccc2OCCC(C)CCC(=O)N2CCN(C)CC2)ccc1NC(=O)c1ccccc1S(=O)(=O)CCCN1C(=O)c2ccccc2C1=O. The number of nitrogens with zero attached hydrogens (tertiary/aromatic N) is 4. The van der Waals surface area contributed by atoms with Crippen molar-refractivity contribution in [2.24, 2.45) is 5.92 Å². The van der Waals surface area contributed by atoms with Crippen molar-refractivity contribution in [2.75, 3.05) is 76.5 Å². The first-order valence-electron chi connectivity index (χ1n) is 20.0. The number of methoxy groups -OCH3 is 1. The minimum atomic E-state index is -4.03. The molecule has 1 unspecified atom stereocenters. The van der Waals surface area contributed by atoms with Crippen molar-refractivity contribution in [1.82, 2.24) is 14.7 Å². The summed E-state index contributed by atoms with van der Waals surface area (Å²) in [4.78, 5) is 72.1. The summed E-state index contributed by atoms with van der Waals surface area (Å²) >= 11 is 0. The number of amides is 5. The average molecular weight is 838 g/mol. The molecule has 2 aliphatic heterocycles. The van der Waals surface area contributed by atoms with Gasteiger partial charge in [0.2, 0.25) is 5.91 Å². The van der Waals surface area contributed by atoms with Gasteiger partial charge in [0.15, 0.2) is 9.84 Å². The van der Waals surface area contributed by atoms with E-state index in [0.717, 1.165) is 43.9 Å². The summed E-state index contributed by atoms with van der Waals surface area (Å²) < 4.78 is 38.8. The minimum absolute atomic E-state index is 0.0297. The molecule has 1 saturated heterocycles. The number of carbonyl (C=O) groups excluding carboxylic acids is 5. The number of hydrogen-bond acceptors (Lipinski definition) is 10. The van der Waals surface area contributed by atoms with Crippen LogP contribution in [0, 0.1) is 5.92 Å². The Hall–Kier alpha value is -6.06. The predicted molar refractivity (Wildman–Crippen MR) is 228 cm³/mol. The van der Waals surface area contributed by atoms with Gasteiger partial charge in [0.25, 0.3) is 23.6 Å². The Morgan fingerprint density at radius 3 is 2.18 bits per heavy atom. The summed E-state index contributed by atoms with van der Waals surface area (Å²) in [5.41, 5.74) is 1.48. The molecule has 0 aromatic heterocycles. The molecule has 0 bridgehead atoms. The third-order valence-electron chi connectivity index (χ3n) is 10.9. The number of benzene rings is 4. The second-order valence-electron chi connectivity index (χ2n) is 15.1. The highest BCUT2D eigenvalue weighted by molar-refractivity contribution is 7.91. The van der Waals surface area contributed by atoms with Gasteiger partial charge in [0.1, 0.15) is 11.5 Å². The van der Waals surface area contributed by atoms with Crippen LogP contribution in [-0.4, -0.2) is 119 Å². The number of ether oxygens (including phenoxy) is 2. The van der Waals surface area contributed by atoms with Crippen LogP contribution in [-0.2, 0) is 14.6 Å². The van der Waals surface area contributed by atoms with Crippen molar-refractivity contribution in [3.63, 3.8) is 0 Å². The van der Waals surface area contributed by atoms with Crippen molar-refractivity contribution in [3.8, 4) is 11.5 Å². The fourth-order valence-electron chi connectivity index (χ4n) is 7.27. The van der Waals surface area contributed by atoms with E-state index in [0.29, 0.717) is 24.5 Å². The van der Waals surface area contributed by atoms with Crippen molar-refractivity contribution < 1.29 is 41.9 Å². The summed E-state index contributed by atoms with van der Waals surface area (Å²) in [5.74, 6) is -1.28. The van der Waals surface area contributed by atoms with Crippen molar-refractivity contribution in [3.05, 3.63) is 113 Å². The minimum Gasteiger partial charge on any atom is -0.495 e. The van der Waals surface area contributed by atoms with Gasteiger partial charge in [-0.3, -0.25) is 28.9 Å². The summed E-state index contributed by atoms with van der Waals surface area (Å²) in [6.45, 7) is 5.73. The molecule has 6 rings (SSSR count). The van der Waals surface area contributed by atoms with E-state index >= 15 is 0 Å². The van der Waals surface area contributed by atoms with E-state index in [1.165, 1.54) is 48.4 Å². The fraction of sp³-hybridized carbons (Fsp3) is 0.356. The highest BCUT2D eigenvalue weighted by atomic mass is 32.2. The lowest BCUT2D eigenvalue weighted by atomic mass is 10.0. The van der Waals surface area contributed by atoms with Gasteiger partial charge in [-0.15, -0.1) is 0 Å². The Bertz CT molecular complexity index is 2330. The molecule has 60 heavy (non-hydrogen) atoms. The van der Waals surface area contributed by atoms with Crippen LogP contribution < -0.4 is 19.7 Å². The molecule has 1 atom stereocenters. The summed E-state index contributed by atoms with van der Waals surface area (Å²) in [6, 6.07) is 24.0. The molecular formula is C45H51N5O9S. The van der Waals surface area contributed by atoms with E-state index in [4.69, 9.17) is 9.47 Å². The molecule has 316 valence electrons. The number of likely N-dealkylation sites (N-methyl/N-ethyl adjacent to an activating group) is 1. The molecule has 0 saturated carbocycles. The topological polar surface area (TPSA) is 163 Å². The number of piperazine rings is 1. The van der Waals surface area contributed by atoms with Crippen LogP contribution >= 0.6 is 0 Å². The van der Waals surface area contributed by atoms with Gasteiger partial charge in [-0.05, 0) is 86.8 Å². The highest BCUT2D eigenvalue weighted by Gasteiger charge is 2.35. The van der Waals surface area contributed by atoms with Gasteiger partial charge < -0.3 is 29.5 Å². The number of nitrogens with one attached hydrogen (secondary N) is 1. The molecule has 1 fully saturated rings. The Kier molecular flexibility index (Phi) is 14.0. The third kappa shape index (κ3) is 10.0. The molecule has 0 aliphatic carbocycles. The van der Waals surface area contributed by atoms with Gasteiger partial charge in [0.05, 0.1) is 52.4 Å². The standard InChI is InChI=1S/C45H51N5O9S/c1-31(18-21-41(51)49-26-24-47(2)25-27-49)22-28-59-38-16-9-8-15-37(38)48(3)43(53)32-19-20-36(39(30-32)58-4)46-42(52)35-14-7-10-17-40(35)60(56,57)29-11-23-50-44(54)33-12-5-6-13-34(33)45(50)55/h5-10,12-17,19-20,30-31H,11,18,21-29H2,1-4H3,(H,46,52). The zero-order valence-electron chi connectivity index (χ0n) is 34.4. The fourth-order valence-corrected chi connectivity index (χ4v) is 8.78. The highest BCUT2D eigenvalue weighted by Crippen LogP contribution is 2.32. The predicted octanol–water partition coefficient (Wildman–Crippen LogP) is 5.64. The molecule has 2 heterocycles. The van der Waals surface area contributed by atoms with Gasteiger partial charge in [-0.2, -0.15) is 0 Å². The molecule has 15 heteroatoms. The summed E-state index contributed by atoms with van der Waals surface area (Å²) in [5, 5.41) is 2.72. The van der Waals surface area contributed by atoms with Gasteiger partial charge >= 0.3 is 0 Å². The zero-order valence-corrected chi connectivity index (χ0v) is 35.2. The number of sulfone groups is 1. The maximum absolute atomic E-state index is 13.8. The van der Waals surface area contributed by atoms with Crippen LogP contribution in [0.5, 0.6) is 11.5 Å². The number of anilines is 2. The van der Waals surface area contributed by atoms with E-state index < -0.39 is 33.3 Å². The van der Waals surface area contributed by atoms with Gasteiger partial charge in [-0.25, -0.2) is 8.42 Å². The Morgan fingerprint density at radius 1 is 0.833 bits per heavy atom. The van der Waals surface area contributed by atoms with E-state index in [9.17, 15) is 32.4 Å². The second-order valence-corrected chi connectivity index (χ2v) is 17.2. The Balaban J connectivity index is 1.05. The van der Waals surface area contributed by atoms with Crippen molar-refractivity contribution in [2.45, 2.75) is 37.5 Å². The smallest absolute Gasteiger partial charge is 0.261 e. The van der Waals surface area contributed by atoms with Crippen LogP contribution in [0.2, 0.25) is 0 Å². The first kappa shape index (κ1) is 43.5. The number of fused-ring (bicyclic) bond motifs is 1. The van der Waals surface area contributed by atoms with Crippen LogP contribution in [0.15, 0.2) is 95.9 Å². The maximum Gasteiger partial charge on any atom is 0.261 e. The molecule has 0 radical (unpaired) electrons. The zero-order chi connectivity index (χ0) is 43.0. The quantitative estimate of drug-likeness (QED) is 0.132. The largest absolute Gasteiger partial charge is 0.495 e. The van der Waals surface area contributed by atoms with E-state index in [1.54, 1.807) is 49.5 Å². The number of rotatable bonds is 17. The van der Waals surface area contributed by atoms with Crippen LogP contribution in [0.1, 0.15) is 74.0 Å². The molecule has 0 spiro atoms. The molecule has 5 amide bonds. The maximum atomic E-state index is 13.8. The van der Waals surface area contributed by atoms with Gasteiger partial charge in [-0.1, -0.05) is 43.3 Å². The molecule has 1 N–H and O–H groups in total. The lowest BCUT2D eigenvalue weighted by Gasteiger charge is -2.32. The van der Waals surface area contributed by atoms with E-state index in [1.807, 2.05) is 17.0 Å². The molecule has 2 aliphatic rings. The summed E-state index contributed by atoms with van der Waals surface area (Å²) in [7, 11) is 1.06. The molecule has 4 aromatic carbocycles. The second kappa shape index (κ2) is 19.3. The number of carbonyl (C=O) groups is 5. The normalized spacial score (nSPS) is 14.7.